The first-order chi connectivity index (χ1) is 10.2. The number of piperidine rings is 1. The van der Waals surface area contributed by atoms with Crippen molar-refractivity contribution in [3.8, 4) is 0 Å². The number of hydrogen-bond donors (Lipinski definition) is 2. The summed E-state index contributed by atoms with van der Waals surface area (Å²) < 4.78 is 0. The highest BCUT2D eigenvalue weighted by molar-refractivity contribution is 6.33. The van der Waals surface area contributed by atoms with Gasteiger partial charge >= 0.3 is 0 Å². The van der Waals surface area contributed by atoms with Crippen LogP contribution in [-0.2, 0) is 0 Å². The Kier molecular flexibility index (Phi) is 5.82. The van der Waals surface area contributed by atoms with E-state index in [9.17, 15) is 4.79 Å². The Balaban J connectivity index is 2.22. The molecule has 2 heterocycles. The maximum atomic E-state index is 12.7. The fourth-order valence-corrected chi connectivity index (χ4v) is 2.91. The minimum Gasteiger partial charge on any atom is -0.396 e. The number of aromatic nitrogens is 1. The van der Waals surface area contributed by atoms with Crippen LogP contribution in [0.5, 0.6) is 0 Å². The van der Waals surface area contributed by atoms with Gasteiger partial charge in [0.15, 0.2) is 0 Å². The van der Waals surface area contributed by atoms with Crippen LogP contribution in [0.4, 0.5) is 5.82 Å². The second-order valence-corrected chi connectivity index (χ2v) is 5.62. The standard InChI is InChI=1S/C15H22ClN3O2/c1-2-17-13-7-6-12(16)14(18-13)15(21)19-9-4-3-5-11(19)8-10-20/h6-7,11,20H,2-5,8-10H2,1H3,(H,17,18). The predicted octanol–water partition coefficient (Wildman–Crippen LogP) is 2.54. The number of aliphatic hydroxyl groups excluding tert-OH is 1. The van der Waals surface area contributed by atoms with E-state index in [1.54, 1.807) is 12.1 Å². The first-order valence-corrected chi connectivity index (χ1v) is 7.87. The Morgan fingerprint density at radius 1 is 1.52 bits per heavy atom. The van der Waals surface area contributed by atoms with Crippen LogP contribution in [0.15, 0.2) is 12.1 Å². The molecule has 116 valence electrons. The van der Waals surface area contributed by atoms with Gasteiger partial charge in [-0.15, -0.1) is 0 Å². The first kappa shape index (κ1) is 16.0. The summed E-state index contributed by atoms with van der Waals surface area (Å²) in [6, 6.07) is 3.55. The van der Waals surface area contributed by atoms with Crippen molar-refractivity contribution < 1.29 is 9.90 Å². The number of rotatable bonds is 5. The molecule has 1 aromatic rings. The molecule has 0 aromatic carbocycles. The molecule has 0 bridgehead atoms. The Labute approximate surface area is 130 Å². The number of nitrogens with one attached hydrogen (secondary N) is 1. The van der Waals surface area contributed by atoms with Crippen molar-refractivity contribution in [2.75, 3.05) is 25.0 Å². The number of halogens is 1. The minimum absolute atomic E-state index is 0.0805. The van der Waals surface area contributed by atoms with Crippen LogP contribution < -0.4 is 5.32 Å². The molecule has 1 aliphatic rings. The van der Waals surface area contributed by atoms with E-state index in [-0.39, 0.29) is 18.6 Å². The highest BCUT2D eigenvalue weighted by atomic mass is 35.5. The van der Waals surface area contributed by atoms with E-state index in [1.807, 2.05) is 11.8 Å². The molecule has 0 aliphatic carbocycles. The zero-order chi connectivity index (χ0) is 15.2. The lowest BCUT2D eigenvalue weighted by atomic mass is 9.99. The maximum absolute atomic E-state index is 12.7. The zero-order valence-corrected chi connectivity index (χ0v) is 13.1. The average molecular weight is 312 g/mol. The van der Waals surface area contributed by atoms with Crippen molar-refractivity contribution in [2.24, 2.45) is 0 Å². The molecule has 1 amide bonds. The van der Waals surface area contributed by atoms with Gasteiger partial charge in [-0.25, -0.2) is 4.98 Å². The van der Waals surface area contributed by atoms with Gasteiger partial charge in [0.25, 0.3) is 5.91 Å². The Morgan fingerprint density at radius 3 is 3.05 bits per heavy atom. The lowest BCUT2D eigenvalue weighted by Crippen LogP contribution is -2.44. The van der Waals surface area contributed by atoms with E-state index >= 15 is 0 Å². The summed E-state index contributed by atoms with van der Waals surface area (Å²) in [5, 5.41) is 12.6. The van der Waals surface area contributed by atoms with E-state index in [0.717, 1.165) is 25.8 Å². The van der Waals surface area contributed by atoms with Gasteiger partial charge in [0.1, 0.15) is 11.5 Å². The lowest BCUT2D eigenvalue weighted by Gasteiger charge is -2.35. The fourth-order valence-electron chi connectivity index (χ4n) is 2.72. The third-order valence-corrected chi connectivity index (χ3v) is 4.06. The normalized spacial score (nSPS) is 18.6. The lowest BCUT2D eigenvalue weighted by molar-refractivity contribution is 0.0569. The Bertz CT molecular complexity index is 494. The molecule has 1 atom stereocenters. The molecule has 2 N–H and O–H groups in total. The van der Waals surface area contributed by atoms with Crippen molar-refractivity contribution in [1.82, 2.24) is 9.88 Å². The van der Waals surface area contributed by atoms with Crippen LogP contribution in [-0.4, -0.2) is 46.6 Å². The van der Waals surface area contributed by atoms with E-state index < -0.39 is 0 Å². The van der Waals surface area contributed by atoms with Crippen molar-refractivity contribution in [2.45, 2.75) is 38.6 Å². The van der Waals surface area contributed by atoms with E-state index in [1.165, 1.54) is 0 Å². The highest BCUT2D eigenvalue weighted by Gasteiger charge is 2.29. The molecular formula is C15H22ClN3O2. The molecule has 1 aromatic heterocycles. The summed E-state index contributed by atoms with van der Waals surface area (Å²) in [5.41, 5.74) is 0.292. The molecule has 0 spiro atoms. The van der Waals surface area contributed by atoms with Gasteiger partial charge in [-0.1, -0.05) is 11.6 Å². The van der Waals surface area contributed by atoms with Crippen LogP contribution in [0.2, 0.25) is 5.02 Å². The molecule has 21 heavy (non-hydrogen) atoms. The molecule has 6 heteroatoms. The highest BCUT2D eigenvalue weighted by Crippen LogP contribution is 2.24. The zero-order valence-electron chi connectivity index (χ0n) is 12.3. The molecule has 1 fully saturated rings. The second-order valence-electron chi connectivity index (χ2n) is 5.22. The van der Waals surface area contributed by atoms with Gasteiger partial charge in [0, 0.05) is 25.7 Å². The number of anilines is 1. The van der Waals surface area contributed by atoms with Gasteiger partial charge in [0.05, 0.1) is 5.02 Å². The fraction of sp³-hybridized carbons (Fsp3) is 0.600. The number of pyridine rings is 1. The van der Waals surface area contributed by atoms with E-state index in [0.29, 0.717) is 29.5 Å². The molecule has 0 saturated carbocycles. The molecule has 5 nitrogen and oxygen atoms in total. The van der Waals surface area contributed by atoms with Gasteiger partial charge in [-0.3, -0.25) is 4.79 Å². The first-order valence-electron chi connectivity index (χ1n) is 7.49. The number of hydrogen-bond acceptors (Lipinski definition) is 4. The molecule has 2 rings (SSSR count). The Morgan fingerprint density at radius 2 is 2.33 bits per heavy atom. The topological polar surface area (TPSA) is 65.5 Å². The second kappa shape index (κ2) is 7.61. The number of carbonyl (C=O) groups excluding carboxylic acids is 1. The number of carbonyl (C=O) groups is 1. The molecule has 1 saturated heterocycles. The summed E-state index contributed by atoms with van der Waals surface area (Å²) in [6.45, 7) is 3.50. The number of nitrogens with zero attached hydrogens (tertiary/aromatic N) is 2. The predicted molar refractivity (Wildman–Crippen MR) is 83.8 cm³/mol. The largest absolute Gasteiger partial charge is 0.396 e. The van der Waals surface area contributed by atoms with Crippen LogP contribution in [0.1, 0.15) is 43.1 Å². The van der Waals surface area contributed by atoms with Gasteiger partial charge in [-0.2, -0.15) is 0 Å². The monoisotopic (exact) mass is 311 g/mol. The minimum atomic E-state index is -0.141. The average Bonchev–Trinajstić information content (AvgIpc) is 2.50. The quantitative estimate of drug-likeness (QED) is 0.877. The summed E-state index contributed by atoms with van der Waals surface area (Å²) >= 11 is 6.15. The van der Waals surface area contributed by atoms with E-state index in [2.05, 4.69) is 10.3 Å². The summed E-state index contributed by atoms with van der Waals surface area (Å²) in [7, 11) is 0. The van der Waals surface area contributed by atoms with E-state index in [4.69, 9.17) is 16.7 Å². The Hall–Kier alpha value is -1.33. The van der Waals surface area contributed by atoms with Crippen LogP contribution in [0.25, 0.3) is 0 Å². The summed E-state index contributed by atoms with van der Waals surface area (Å²) in [5.74, 6) is 0.513. The van der Waals surface area contributed by atoms with Crippen LogP contribution in [0, 0.1) is 0 Å². The van der Waals surface area contributed by atoms with Crippen molar-refractivity contribution in [3.05, 3.63) is 22.8 Å². The van der Waals surface area contributed by atoms with Gasteiger partial charge in [0.2, 0.25) is 0 Å². The smallest absolute Gasteiger partial charge is 0.274 e. The third-order valence-electron chi connectivity index (χ3n) is 3.76. The molecular weight excluding hydrogens is 290 g/mol. The van der Waals surface area contributed by atoms with Gasteiger partial charge < -0.3 is 15.3 Å². The van der Waals surface area contributed by atoms with Crippen LogP contribution in [0.3, 0.4) is 0 Å². The molecule has 0 radical (unpaired) electrons. The molecule has 1 aliphatic heterocycles. The summed E-state index contributed by atoms with van der Waals surface area (Å²) in [6.07, 6.45) is 3.61. The molecule has 1 unspecified atom stereocenters. The van der Waals surface area contributed by atoms with Crippen molar-refractivity contribution >= 4 is 23.3 Å². The summed E-state index contributed by atoms with van der Waals surface area (Å²) in [4.78, 5) is 18.9. The van der Waals surface area contributed by atoms with Crippen molar-refractivity contribution in [3.63, 3.8) is 0 Å². The van der Waals surface area contributed by atoms with Crippen LogP contribution >= 0.6 is 11.6 Å². The third kappa shape index (κ3) is 3.86. The maximum Gasteiger partial charge on any atom is 0.274 e. The van der Waals surface area contributed by atoms with Crippen molar-refractivity contribution in [1.29, 1.82) is 0 Å². The number of aliphatic hydroxyl groups is 1. The number of likely N-dealkylation sites (tertiary alicyclic amines) is 1. The SMILES string of the molecule is CCNc1ccc(Cl)c(C(=O)N2CCCCC2CCO)n1. The number of amides is 1. The van der Waals surface area contributed by atoms with Gasteiger partial charge in [-0.05, 0) is 44.7 Å².